The maximum absolute atomic E-state index is 12.7. The maximum Gasteiger partial charge on any atom is 0.127 e. The fourth-order valence-electron chi connectivity index (χ4n) is 1.33. The SMILES string of the molecule is Fc1ccc(Oc2cccc(CCl)c2)cc1. The second-order valence-corrected chi connectivity index (χ2v) is 3.60. The summed E-state index contributed by atoms with van der Waals surface area (Å²) >= 11 is 5.72. The Morgan fingerprint density at radius 3 is 2.44 bits per heavy atom. The first-order chi connectivity index (χ1) is 7.78. The molecule has 0 fully saturated rings. The highest BCUT2D eigenvalue weighted by molar-refractivity contribution is 6.17. The first-order valence-electron chi connectivity index (χ1n) is 4.86. The molecule has 0 radical (unpaired) electrons. The molecule has 0 unspecified atom stereocenters. The molecule has 0 saturated heterocycles. The first kappa shape index (κ1) is 11.0. The Bertz CT molecular complexity index is 468. The van der Waals surface area contributed by atoms with Crippen molar-refractivity contribution >= 4 is 11.6 Å². The van der Waals surface area contributed by atoms with E-state index in [9.17, 15) is 4.39 Å². The highest BCUT2D eigenvalue weighted by Crippen LogP contribution is 2.22. The molecular formula is C13H10ClFO. The van der Waals surface area contributed by atoms with Crippen molar-refractivity contribution < 1.29 is 9.13 Å². The van der Waals surface area contributed by atoms with Crippen molar-refractivity contribution in [2.75, 3.05) is 0 Å². The number of alkyl halides is 1. The highest BCUT2D eigenvalue weighted by atomic mass is 35.5. The molecule has 0 N–H and O–H groups in total. The lowest BCUT2D eigenvalue weighted by Crippen LogP contribution is -1.86. The lowest BCUT2D eigenvalue weighted by molar-refractivity contribution is 0.480. The Labute approximate surface area is 98.4 Å². The number of hydrogen-bond donors (Lipinski definition) is 0. The van der Waals surface area contributed by atoms with E-state index in [1.54, 1.807) is 12.1 Å². The largest absolute Gasteiger partial charge is 0.457 e. The molecule has 0 bridgehead atoms. The zero-order valence-corrected chi connectivity index (χ0v) is 9.25. The Kier molecular flexibility index (Phi) is 3.42. The van der Waals surface area contributed by atoms with E-state index >= 15 is 0 Å². The van der Waals surface area contributed by atoms with E-state index in [1.807, 2.05) is 24.3 Å². The molecule has 3 heteroatoms. The number of rotatable bonds is 3. The average Bonchev–Trinajstić information content (AvgIpc) is 2.32. The van der Waals surface area contributed by atoms with Gasteiger partial charge in [0.25, 0.3) is 0 Å². The van der Waals surface area contributed by atoms with E-state index in [-0.39, 0.29) is 5.82 Å². The van der Waals surface area contributed by atoms with Crippen LogP contribution in [0.4, 0.5) is 4.39 Å². The van der Waals surface area contributed by atoms with Crippen molar-refractivity contribution in [3.8, 4) is 11.5 Å². The summed E-state index contributed by atoms with van der Waals surface area (Å²) in [5.41, 5.74) is 0.987. The van der Waals surface area contributed by atoms with Crippen LogP contribution in [-0.2, 0) is 5.88 Å². The zero-order valence-electron chi connectivity index (χ0n) is 8.49. The first-order valence-corrected chi connectivity index (χ1v) is 5.40. The summed E-state index contributed by atoms with van der Waals surface area (Å²) < 4.78 is 18.2. The molecule has 2 aromatic carbocycles. The van der Waals surface area contributed by atoms with E-state index in [0.717, 1.165) is 5.56 Å². The van der Waals surface area contributed by atoms with Crippen LogP contribution >= 0.6 is 11.6 Å². The third kappa shape index (κ3) is 2.74. The quantitative estimate of drug-likeness (QED) is 0.720. The van der Waals surface area contributed by atoms with Gasteiger partial charge in [0, 0.05) is 5.88 Å². The molecule has 16 heavy (non-hydrogen) atoms. The average molecular weight is 237 g/mol. The monoisotopic (exact) mass is 236 g/mol. The Hall–Kier alpha value is -1.54. The van der Waals surface area contributed by atoms with Crippen LogP contribution in [-0.4, -0.2) is 0 Å². The second-order valence-electron chi connectivity index (χ2n) is 3.34. The Balaban J connectivity index is 2.16. The molecule has 0 aliphatic rings. The van der Waals surface area contributed by atoms with Gasteiger partial charge in [-0.1, -0.05) is 12.1 Å². The summed E-state index contributed by atoms with van der Waals surface area (Å²) in [5, 5.41) is 0. The molecule has 2 aromatic rings. The number of benzene rings is 2. The molecule has 0 amide bonds. The van der Waals surface area contributed by atoms with Gasteiger partial charge in [-0.05, 0) is 42.0 Å². The standard InChI is InChI=1S/C13H10ClFO/c14-9-10-2-1-3-13(8-10)16-12-6-4-11(15)5-7-12/h1-8H,9H2. The third-order valence-electron chi connectivity index (χ3n) is 2.10. The molecule has 1 nitrogen and oxygen atoms in total. The van der Waals surface area contributed by atoms with Gasteiger partial charge in [0.2, 0.25) is 0 Å². The minimum atomic E-state index is -0.276. The van der Waals surface area contributed by atoms with Crippen LogP contribution in [0.2, 0.25) is 0 Å². The van der Waals surface area contributed by atoms with Gasteiger partial charge in [0.15, 0.2) is 0 Å². The normalized spacial score (nSPS) is 10.1. The van der Waals surface area contributed by atoms with E-state index in [0.29, 0.717) is 17.4 Å². The maximum atomic E-state index is 12.7. The van der Waals surface area contributed by atoms with Gasteiger partial charge in [-0.25, -0.2) is 4.39 Å². The van der Waals surface area contributed by atoms with Crippen LogP contribution < -0.4 is 4.74 Å². The van der Waals surface area contributed by atoms with E-state index in [2.05, 4.69) is 0 Å². The van der Waals surface area contributed by atoms with Gasteiger partial charge in [0.1, 0.15) is 17.3 Å². The molecule has 0 aliphatic heterocycles. The van der Waals surface area contributed by atoms with Crippen molar-refractivity contribution in [2.24, 2.45) is 0 Å². The molecule has 0 spiro atoms. The van der Waals surface area contributed by atoms with Gasteiger partial charge in [-0.2, -0.15) is 0 Å². The summed E-state index contributed by atoms with van der Waals surface area (Å²) in [7, 11) is 0. The Morgan fingerprint density at radius 2 is 1.75 bits per heavy atom. The van der Waals surface area contributed by atoms with E-state index in [4.69, 9.17) is 16.3 Å². The Morgan fingerprint density at radius 1 is 1.00 bits per heavy atom. The summed E-state index contributed by atoms with van der Waals surface area (Å²) in [6.45, 7) is 0. The molecule has 0 aliphatic carbocycles. The van der Waals surface area contributed by atoms with E-state index < -0.39 is 0 Å². The van der Waals surface area contributed by atoms with Crippen LogP contribution in [0.1, 0.15) is 5.56 Å². The van der Waals surface area contributed by atoms with Crippen molar-refractivity contribution in [1.82, 2.24) is 0 Å². The third-order valence-corrected chi connectivity index (χ3v) is 2.41. The van der Waals surface area contributed by atoms with Gasteiger partial charge < -0.3 is 4.74 Å². The number of hydrogen-bond acceptors (Lipinski definition) is 1. The molecule has 0 aromatic heterocycles. The highest BCUT2D eigenvalue weighted by Gasteiger charge is 1.98. The van der Waals surface area contributed by atoms with E-state index in [1.165, 1.54) is 12.1 Å². The van der Waals surface area contributed by atoms with Crippen molar-refractivity contribution in [3.63, 3.8) is 0 Å². The molecule has 0 atom stereocenters. The predicted molar refractivity (Wildman–Crippen MR) is 62.5 cm³/mol. The van der Waals surface area contributed by atoms with Gasteiger partial charge in [-0.3, -0.25) is 0 Å². The molecule has 0 heterocycles. The number of halogens is 2. The van der Waals surface area contributed by atoms with Gasteiger partial charge in [0.05, 0.1) is 0 Å². The summed E-state index contributed by atoms with van der Waals surface area (Å²) in [6.07, 6.45) is 0. The molecular weight excluding hydrogens is 227 g/mol. The van der Waals surface area contributed by atoms with Crippen molar-refractivity contribution in [3.05, 3.63) is 59.9 Å². The van der Waals surface area contributed by atoms with Crippen LogP contribution in [0.15, 0.2) is 48.5 Å². The summed E-state index contributed by atoms with van der Waals surface area (Å²) in [6, 6.07) is 13.4. The number of ether oxygens (including phenoxy) is 1. The van der Waals surface area contributed by atoms with Crippen molar-refractivity contribution in [2.45, 2.75) is 5.88 Å². The van der Waals surface area contributed by atoms with Crippen LogP contribution in [0.5, 0.6) is 11.5 Å². The van der Waals surface area contributed by atoms with Gasteiger partial charge >= 0.3 is 0 Å². The van der Waals surface area contributed by atoms with Crippen LogP contribution in [0.25, 0.3) is 0 Å². The fourth-order valence-corrected chi connectivity index (χ4v) is 1.50. The summed E-state index contributed by atoms with van der Waals surface area (Å²) in [4.78, 5) is 0. The summed E-state index contributed by atoms with van der Waals surface area (Å²) in [5.74, 6) is 1.47. The minimum Gasteiger partial charge on any atom is -0.457 e. The van der Waals surface area contributed by atoms with Crippen LogP contribution in [0.3, 0.4) is 0 Å². The fraction of sp³-hybridized carbons (Fsp3) is 0.0769. The molecule has 82 valence electrons. The lowest BCUT2D eigenvalue weighted by Gasteiger charge is -2.06. The minimum absolute atomic E-state index is 0.276. The lowest BCUT2D eigenvalue weighted by atomic mass is 10.2. The molecule has 2 rings (SSSR count). The smallest absolute Gasteiger partial charge is 0.127 e. The topological polar surface area (TPSA) is 9.23 Å². The van der Waals surface area contributed by atoms with Gasteiger partial charge in [-0.15, -0.1) is 11.6 Å². The zero-order chi connectivity index (χ0) is 11.4. The van der Waals surface area contributed by atoms with Crippen molar-refractivity contribution in [1.29, 1.82) is 0 Å². The predicted octanol–water partition coefficient (Wildman–Crippen LogP) is 4.36. The van der Waals surface area contributed by atoms with Crippen LogP contribution in [0, 0.1) is 5.82 Å². The second kappa shape index (κ2) is 4.99. The molecule has 0 saturated carbocycles.